The summed E-state index contributed by atoms with van der Waals surface area (Å²) < 4.78 is 20.6. The molecule has 0 saturated carbocycles. The number of aryl methyl sites for hydroxylation is 1. The highest BCUT2D eigenvalue weighted by molar-refractivity contribution is 7.84. The van der Waals surface area contributed by atoms with E-state index in [1.54, 1.807) is 0 Å². The third-order valence-corrected chi connectivity index (χ3v) is 4.83. The van der Waals surface area contributed by atoms with Crippen LogP contribution < -0.4 is 4.72 Å². The quantitative estimate of drug-likeness (QED) is 0.912. The molecule has 1 aromatic rings. The molecule has 18 heavy (non-hydrogen) atoms. The molecule has 1 atom stereocenters. The first kappa shape index (κ1) is 13.7. The lowest BCUT2D eigenvalue weighted by Crippen LogP contribution is -2.59. The van der Waals surface area contributed by atoms with Gasteiger partial charge in [0.05, 0.1) is 28.9 Å². The van der Waals surface area contributed by atoms with E-state index in [0.717, 1.165) is 5.56 Å². The summed E-state index contributed by atoms with van der Waals surface area (Å²) in [6.45, 7) is 9.14. The number of rotatable bonds is 3. The Balaban J connectivity index is 2.21. The Labute approximate surface area is 112 Å². The largest absolute Gasteiger partial charge is 0.377 e. The fourth-order valence-electron chi connectivity index (χ4n) is 1.79. The molecule has 1 unspecified atom stereocenters. The van der Waals surface area contributed by atoms with E-state index in [9.17, 15) is 4.21 Å². The highest BCUT2D eigenvalue weighted by atomic mass is 32.2. The fourth-order valence-corrected chi connectivity index (χ4v) is 2.69. The molecule has 0 aromatic heterocycles. The van der Waals surface area contributed by atoms with Gasteiger partial charge in [-0.05, 0) is 33.3 Å². The molecule has 0 spiro atoms. The normalized spacial score (nSPS) is 20.2. The molecule has 1 aliphatic rings. The lowest BCUT2D eigenvalue weighted by atomic mass is 9.89. The summed E-state index contributed by atoms with van der Waals surface area (Å²) in [5.74, 6) is 0. The van der Waals surface area contributed by atoms with E-state index in [2.05, 4.69) is 35.9 Å². The lowest BCUT2D eigenvalue weighted by molar-refractivity contribution is -0.0659. The van der Waals surface area contributed by atoms with Gasteiger partial charge in [-0.3, -0.25) is 0 Å². The maximum atomic E-state index is 12.3. The van der Waals surface area contributed by atoms with Crippen molar-refractivity contribution in [1.82, 2.24) is 4.72 Å². The summed E-state index contributed by atoms with van der Waals surface area (Å²) in [4.78, 5) is 0. The van der Waals surface area contributed by atoms with Crippen molar-refractivity contribution in [3.8, 4) is 0 Å². The Hall–Kier alpha value is -0.710. The molecule has 1 N–H and O–H groups in total. The van der Waals surface area contributed by atoms with Gasteiger partial charge in [-0.25, -0.2) is 8.93 Å². The van der Waals surface area contributed by atoms with Crippen LogP contribution in [0.25, 0.3) is 0 Å². The summed E-state index contributed by atoms with van der Waals surface area (Å²) in [6, 6.07) is 8.34. The Morgan fingerprint density at radius 1 is 1.22 bits per heavy atom. The number of hydrogen-bond donors (Lipinski definition) is 1. The standard InChI is InChI=1S/C14H21NO2S/c1-11-5-7-12(8-6-11)14(9-17-10-14)15-18(16)13(2,3)4/h5-8,15H,9-10H2,1-4H3. The second kappa shape index (κ2) is 4.76. The fraction of sp³-hybridized carbons (Fsp3) is 0.571. The Bertz CT molecular complexity index is 444. The highest BCUT2D eigenvalue weighted by Crippen LogP contribution is 2.31. The van der Waals surface area contributed by atoms with Crippen LogP contribution in [0.2, 0.25) is 0 Å². The third kappa shape index (κ3) is 2.66. The van der Waals surface area contributed by atoms with E-state index in [4.69, 9.17) is 4.74 Å². The van der Waals surface area contributed by atoms with Crippen LogP contribution in [0.15, 0.2) is 24.3 Å². The van der Waals surface area contributed by atoms with Crippen molar-refractivity contribution in [2.24, 2.45) is 0 Å². The van der Waals surface area contributed by atoms with E-state index >= 15 is 0 Å². The zero-order valence-electron chi connectivity index (χ0n) is 11.4. The summed E-state index contributed by atoms with van der Waals surface area (Å²) in [5.41, 5.74) is 2.09. The van der Waals surface area contributed by atoms with Crippen molar-refractivity contribution in [3.05, 3.63) is 35.4 Å². The molecule has 0 bridgehead atoms. The van der Waals surface area contributed by atoms with Crippen LogP contribution in [0.1, 0.15) is 31.9 Å². The molecular formula is C14H21NO2S. The first-order valence-electron chi connectivity index (χ1n) is 6.18. The molecular weight excluding hydrogens is 246 g/mol. The van der Waals surface area contributed by atoms with Gasteiger partial charge in [0, 0.05) is 0 Å². The average Bonchev–Trinajstić information content (AvgIpc) is 2.23. The maximum absolute atomic E-state index is 12.3. The zero-order chi connectivity index (χ0) is 13.4. The highest BCUT2D eigenvalue weighted by Gasteiger charge is 2.43. The smallest absolute Gasteiger partial charge is 0.102 e. The molecule has 1 aromatic carbocycles. The van der Waals surface area contributed by atoms with Crippen molar-refractivity contribution < 1.29 is 8.95 Å². The van der Waals surface area contributed by atoms with Gasteiger partial charge in [0.2, 0.25) is 0 Å². The second-order valence-electron chi connectivity index (χ2n) is 5.92. The van der Waals surface area contributed by atoms with Crippen LogP contribution >= 0.6 is 0 Å². The minimum Gasteiger partial charge on any atom is -0.377 e. The number of ether oxygens (including phenoxy) is 1. The van der Waals surface area contributed by atoms with E-state index < -0.39 is 11.0 Å². The average molecular weight is 267 g/mol. The maximum Gasteiger partial charge on any atom is 0.102 e. The Morgan fingerprint density at radius 3 is 2.17 bits per heavy atom. The molecule has 2 rings (SSSR count). The van der Waals surface area contributed by atoms with Gasteiger partial charge < -0.3 is 4.74 Å². The first-order valence-corrected chi connectivity index (χ1v) is 7.33. The van der Waals surface area contributed by atoms with E-state index in [1.165, 1.54) is 5.56 Å². The predicted molar refractivity (Wildman–Crippen MR) is 74.7 cm³/mol. The van der Waals surface area contributed by atoms with Gasteiger partial charge in [-0.2, -0.15) is 0 Å². The summed E-state index contributed by atoms with van der Waals surface area (Å²) >= 11 is 0. The van der Waals surface area contributed by atoms with E-state index in [0.29, 0.717) is 13.2 Å². The molecule has 1 aliphatic heterocycles. The van der Waals surface area contributed by atoms with Crippen LogP contribution in [0.4, 0.5) is 0 Å². The molecule has 1 heterocycles. The molecule has 1 saturated heterocycles. The van der Waals surface area contributed by atoms with Gasteiger partial charge in [0.25, 0.3) is 0 Å². The molecule has 1 fully saturated rings. The second-order valence-corrected chi connectivity index (χ2v) is 7.89. The lowest BCUT2D eigenvalue weighted by Gasteiger charge is -2.43. The molecule has 3 nitrogen and oxygen atoms in total. The van der Waals surface area contributed by atoms with Crippen LogP contribution in [-0.2, 0) is 21.3 Å². The summed E-state index contributed by atoms with van der Waals surface area (Å²) in [5, 5.41) is 0. The van der Waals surface area contributed by atoms with Crippen LogP contribution in [0, 0.1) is 6.92 Å². The van der Waals surface area contributed by atoms with Gasteiger partial charge in [-0.1, -0.05) is 29.8 Å². The van der Waals surface area contributed by atoms with Crippen molar-refractivity contribution >= 4 is 11.0 Å². The van der Waals surface area contributed by atoms with Gasteiger partial charge >= 0.3 is 0 Å². The van der Waals surface area contributed by atoms with Gasteiger partial charge in [-0.15, -0.1) is 0 Å². The van der Waals surface area contributed by atoms with Crippen molar-refractivity contribution in [3.63, 3.8) is 0 Å². The third-order valence-electron chi connectivity index (χ3n) is 3.15. The first-order chi connectivity index (χ1) is 8.33. The van der Waals surface area contributed by atoms with Crippen molar-refractivity contribution in [1.29, 1.82) is 0 Å². The van der Waals surface area contributed by atoms with E-state index in [1.807, 2.05) is 20.8 Å². The number of hydrogen-bond acceptors (Lipinski definition) is 2. The predicted octanol–water partition coefficient (Wildman–Crippen LogP) is 2.27. The molecule has 0 radical (unpaired) electrons. The van der Waals surface area contributed by atoms with E-state index in [-0.39, 0.29) is 10.3 Å². The minimum absolute atomic E-state index is 0.271. The van der Waals surface area contributed by atoms with Crippen molar-refractivity contribution in [2.75, 3.05) is 13.2 Å². The number of nitrogens with one attached hydrogen (secondary N) is 1. The van der Waals surface area contributed by atoms with Crippen molar-refractivity contribution in [2.45, 2.75) is 38.0 Å². The topological polar surface area (TPSA) is 38.3 Å². The van der Waals surface area contributed by atoms with Crippen LogP contribution in [-0.4, -0.2) is 22.2 Å². The minimum atomic E-state index is -1.09. The molecule has 4 heteroatoms. The molecule has 100 valence electrons. The Kier molecular flexibility index (Phi) is 3.63. The summed E-state index contributed by atoms with van der Waals surface area (Å²) in [6.07, 6.45) is 0. The number of benzene rings is 1. The van der Waals surface area contributed by atoms with Gasteiger partial charge in [0.15, 0.2) is 0 Å². The monoisotopic (exact) mass is 267 g/mol. The van der Waals surface area contributed by atoms with Gasteiger partial charge in [0.1, 0.15) is 5.54 Å². The van der Waals surface area contributed by atoms with Crippen LogP contribution in [0.5, 0.6) is 0 Å². The Morgan fingerprint density at radius 2 is 1.78 bits per heavy atom. The molecule has 0 aliphatic carbocycles. The van der Waals surface area contributed by atoms with Crippen LogP contribution in [0.3, 0.4) is 0 Å². The summed E-state index contributed by atoms with van der Waals surface area (Å²) in [7, 11) is -1.09. The molecule has 0 amide bonds. The SMILES string of the molecule is Cc1ccc(C2(NS(=O)C(C)(C)C)COC2)cc1. The zero-order valence-corrected chi connectivity index (χ0v) is 12.3.